The van der Waals surface area contributed by atoms with Gasteiger partial charge in [0.1, 0.15) is 0 Å². The van der Waals surface area contributed by atoms with Crippen molar-refractivity contribution in [1.82, 2.24) is 5.32 Å². The summed E-state index contributed by atoms with van der Waals surface area (Å²) in [5, 5.41) is 2.82. The lowest BCUT2D eigenvalue weighted by Crippen LogP contribution is -2.27. The first-order chi connectivity index (χ1) is 10.5. The van der Waals surface area contributed by atoms with E-state index in [1.165, 1.54) is 0 Å². The van der Waals surface area contributed by atoms with E-state index < -0.39 is 0 Å². The average molecular weight is 364 g/mol. The molecule has 1 aromatic rings. The summed E-state index contributed by atoms with van der Waals surface area (Å²) in [6.07, 6.45) is 2.39. The number of carbonyl (C=O) groups is 2. The Morgan fingerprint density at radius 2 is 1.73 bits per heavy atom. The van der Waals surface area contributed by atoms with E-state index in [9.17, 15) is 9.59 Å². The molecule has 0 aromatic heterocycles. The van der Waals surface area contributed by atoms with Gasteiger partial charge >= 0.3 is 0 Å². The first kappa shape index (κ1) is 16.9. The number of carbonyl (C=O) groups excluding carboxylic acids is 2. The third-order valence-corrected chi connectivity index (χ3v) is 5.49. The standard InChI is InChI=1S/C18H22BrNO2/c1-4-11(5-2)16(19)15-12-9-7-8-10-13(12)18(22)17(15)20-14(21)6-3/h7-11,16H,4-6H2,1-3H3,(H,20,21,22). The van der Waals surface area contributed by atoms with Crippen molar-refractivity contribution >= 4 is 33.2 Å². The van der Waals surface area contributed by atoms with Crippen molar-refractivity contribution in [2.24, 2.45) is 5.92 Å². The summed E-state index contributed by atoms with van der Waals surface area (Å²) >= 11 is 3.78. The predicted octanol–water partition coefficient (Wildman–Crippen LogP) is 4.32. The molecule has 1 unspecified atom stereocenters. The van der Waals surface area contributed by atoms with E-state index in [2.05, 4.69) is 35.1 Å². The summed E-state index contributed by atoms with van der Waals surface area (Å²) < 4.78 is 0. The number of fused-ring (bicyclic) bond motifs is 1. The fourth-order valence-electron chi connectivity index (χ4n) is 2.88. The van der Waals surface area contributed by atoms with Crippen molar-refractivity contribution < 1.29 is 9.59 Å². The van der Waals surface area contributed by atoms with E-state index in [4.69, 9.17) is 0 Å². The van der Waals surface area contributed by atoms with Gasteiger partial charge in [-0.3, -0.25) is 9.59 Å². The van der Waals surface area contributed by atoms with Crippen LogP contribution in [0.2, 0.25) is 0 Å². The Kier molecular flexibility index (Phi) is 5.57. The molecule has 0 saturated carbocycles. The number of halogens is 1. The molecule has 0 radical (unpaired) electrons. The number of ketones is 1. The minimum absolute atomic E-state index is 0.0576. The van der Waals surface area contributed by atoms with Crippen molar-refractivity contribution in [3.05, 3.63) is 41.1 Å². The zero-order chi connectivity index (χ0) is 16.3. The second-order valence-corrected chi connectivity index (χ2v) is 6.53. The molecule has 1 aromatic carbocycles. The van der Waals surface area contributed by atoms with Crippen LogP contribution in [0.4, 0.5) is 0 Å². The minimum atomic E-state index is -0.127. The van der Waals surface area contributed by atoms with Crippen molar-refractivity contribution in [2.45, 2.75) is 44.9 Å². The van der Waals surface area contributed by atoms with Gasteiger partial charge in [-0.15, -0.1) is 0 Å². The molecule has 118 valence electrons. The number of hydrogen-bond donors (Lipinski definition) is 1. The van der Waals surface area contributed by atoms with Crippen molar-refractivity contribution in [3.8, 4) is 0 Å². The quantitative estimate of drug-likeness (QED) is 0.764. The zero-order valence-corrected chi connectivity index (χ0v) is 14.9. The first-order valence-electron chi connectivity index (χ1n) is 7.87. The lowest BCUT2D eigenvalue weighted by atomic mass is 9.91. The van der Waals surface area contributed by atoms with Gasteiger partial charge in [-0.25, -0.2) is 0 Å². The highest BCUT2D eigenvalue weighted by atomic mass is 79.9. The predicted molar refractivity (Wildman–Crippen MR) is 92.9 cm³/mol. The van der Waals surface area contributed by atoms with Crippen LogP contribution in [-0.2, 0) is 4.79 Å². The van der Waals surface area contributed by atoms with E-state index in [-0.39, 0.29) is 16.5 Å². The molecule has 3 nitrogen and oxygen atoms in total. The van der Waals surface area contributed by atoms with Crippen molar-refractivity contribution in [3.63, 3.8) is 0 Å². The van der Waals surface area contributed by atoms with Crippen molar-refractivity contribution in [2.75, 3.05) is 0 Å². The monoisotopic (exact) mass is 363 g/mol. The van der Waals surface area contributed by atoms with Gasteiger partial charge in [-0.1, -0.05) is 73.8 Å². The number of allylic oxidation sites excluding steroid dienone is 2. The largest absolute Gasteiger partial charge is 0.323 e. The van der Waals surface area contributed by atoms with Gasteiger partial charge in [0.05, 0.1) is 5.70 Å². The average Bonchev–Trinajstić information content (AvgIpc) is 2.81. The van der Waals surface area contributed by atoms with Gasteiger partial charge in [0.2, 0.25) is 11.7 Å². The van der Waals surface area contributed by atoms with E-state index in [1.807, 2.05) is 24.3 Å². The van der Waals surface area contributed by atoms with Crippen LogP contribution in [0.25, 0.3) is 5.57 Å². The van der Waals surface area contributed by atoms with Crippen LogP contribution in [0.1, 0.15) is 56.0 Å². The Hall–Kier alpha value is -1.42. The number of Topliss-reactive ketones (excluding diaryl/α,β-unsaturated/α-hetero) is 1. The van der Waals surface area contributed by atoms with Crippen LogP contribution >= 0.6 is 15.9 Å². The van der Waals surface area contributed by atoms with Gasteiger partial charge in [0.25, 0.3) is 0 Å². The molecule has 1 amide bonds. The molecular formula is C18H22BrNO2. The van der Waals surface area contributed by atoms with Crippen LogP contribution in [0, 0.1) is 5.92 Å². The molecule has 4 heteroatoms. The first-order valence-corrected chi connectivity index (χ1v) is 8.78. The molecule has 1 N–H and O–H groups in total. The highest BCUT2D eigenvalue weighted by Gasteiger charge is 2.35. The van der Waals surface area contributed by atoms with Gasteiger partial charge in [-0.05, 0) is 11.5 Å². The van der Waals surface area contributed by atoms with Crippen LogP contribution in [0.3, 0.4) is 0 Å². The Labute approximate surface area is 140 Å². The summed E-state index contributed by atoms with van der Waals surface area (Å²) in [5.41, 5.74) is 2.99. The highest BCUT2D eigenvalue weighted by Crippen LogP contribution is 2.40. The molecule has 0 bridgehead atoms. The second-order valence-electron chi connectivity index (χ2n) is 5.54. The Balaban J connectivity index is 2.53. The van der Waals surface area contributed by atoms with E-state index in [1.54, 1.807) is 6.92 Å². The number of rotatable bonds is 6. The van der Waals surface area contributed by atoms with Crippen LogP contribution < -0.4 is 5.32 Å². The van der Waals surface area contributed by atoms with Crippen molar-refractivity contribution in [1.29, 1.82) is 0 Å². The summed E-state index contributed by atoms with van der Waals surface area (Å²) in [6.45, 7) is 6.08. The molecular weight excluding hydrogens is 342 g/mol. The third-order valence-electron chi connectivity index (χ3n) is 4.28. The maximum Gasteiger partial charge on any atom is 0.224 e. The topological polar surface area (TPSA) is 46.2 Å². The minimum Gasteiger partial charge on any atom is -0.323 e. The molecule has 0 heterocycles. The smallest absolute Gasteiger partial charge is 0.224 e. The molecule has 0 spiro atoms. The summed E-state index contributed by atoms with van der Waals surface area (Å²) in [6, 6.07) is 7.59. The number of nitrogens with one attached hydrogen (secondary N) is 1. The fraction of sp³-hybridized carbons (Fsp3) is 0.444. The molecule has 1 aliphatic carbocycles. The SMILES string of the molecule is CCC(=O)NC1=C(C(Br)C(CC)CC)c2ccccc2C1=O. The summed E-state index contributed by atoms with van der Waals surface area (Å²) in [4.78, 5) is 24.6. The molecule has 0 saturated heterocycles. The Bertz CT molecular complexity index is 617. The molecule has 2 rings (SSSR count). The lowest BCUT2D eigenvalue weighted by molar-refractivity contribution is -0.120. The maximum absolute atomic E-state index is 12.7. The van der Waals surface area contributed by atoms with Gasteiger partial charge in [0, 0.05) is 22.4 Å². The number of hydrogen-bond acceptors (Lipinski definition) is 2. The number of amides is 1. The van der Waals surface area contributed by atoms with Gasteiger partial charge in [0.15, 0.2) is 0 Å². The summed E-state index contributed by atoms with van der Waals surface area (Å²) in [5.74, 6) is 0.211. The maximum atomic E-state index is 12.7. The molecule has 0 fully saturated rings. The molecule has 1 aliphatic rings. The van der Waals surface area contributed by atoms with Crippen LogP contribution in [-0.4, -0.2) is 16.5 Å². The normalized spacial score (nSPS) is 15.2. The van der Waals surface area contributed by atoms with E-state index >= 15 is 0 Å². The van der Waals surface area contributed by atoms with Gasteiger partial charge in [-0.2, -0.15) is 0 Å². The van der Waals surface area contributed by atoms with E-state index in [0.29, 0.717) is 23.6 Å². The molecule has 22 heavy (non-hydrogen) atoms. The number of benzene rings is 1. The zero-order valence-electron chi connectivity index (χ0n) is 13.3. The number of alkyl halides is 1. The Morgan fingerprint density at radius 3 is 2.27 bits per heavy atom. The molecule has 1 atom stereocenters. The van der Waals surface area contributed by atoms with Crippen LogP contribution in [0.15, 0.2) is 30.0 Å². The second kappa shape index (κ2) is 7.23. The highest BCUT2D eigenvalue weighted by molar-refractivity contribution is 9.09. The van der Waals surface area contributed by atoms with Crippen LogP contribution in [0.5, 0.6) is 0 Å². The Morgan fingerprint density at radius 1 is 1.14 bits per heavy atom. The third kappa shape index (κ3) is 3.02. The summed E-state index contributed by atoms with van der Waals surface area (Å²) in [7, 11) is 0. The fourth-order valence-corrected chi connectivity index (χ4v) is 4.11. The molecule has 0 aliphatic heterocycles. The van der Waals surface area contributed by atoms with Gasteiger partial charge < -0.3 is 5.32 Å². The lowest BCUT2D eigenvalue weighted by Gasteiger charge is -2.22. The van der Waals surface area contributed by atoms with E-state index in [0.717, 1.165) is 24.0 Å².